The summed E-state index contributed by atoms with van der Waals surface area (Å²) in [4.78, 5) is 38.8. The quantitative estimate of drug-likeness (QED) is 0.333. The van der Waals surface area contributed by atoms with Gasteiger partial charge in [-0.05, 0) is 41.8 Å². The summed E-state index contributed by atoms with van der Waals surface area (Å²) in [5.41, 5.74) is 2.81. The van der Waals surface area contributed by atoms with E-state index in [4.69, 9.17) is 4.74 Å². The minimum absolute atomic E-state index is 0.0451. The van der Waals surface area contributed by atoms with E-state index in [1.807, 2.05) is 60.7 Å². The molecular weight excluding hydrogens is 466 g/mol. The van der Waals surface area contributed by atoms with Crippen molar-refractivity contribution in [2.45, 2.75) is 6.42 Å². The molecule has 0 saturated heterocycles. The van der Waals surface area contributed by atoms with E-state index >= 15 is 0 Å². The molecule has 0 aliphatic rings. The monoisotopic (exact) mass is 489 g/mol. The standard InChI is InChI=1S/C30H23N3O4/c34-27(31-26-18-10-7-13-22(26)19-21-11-3-1-4-12-21)20-37-30(36)28-24-16-8-9-17-25(24)29(35)33(32-28)23-14-5-2-6-15-23/h1-18H,19-20H2,(H,31,34). The van der Waals surface area contributed by atoms with Crippen molar-refractivity contribution in [3.63, 3.8) is 0 Å². The Bertz CT molecular complexity index is 1630. The van der Waals surface area contributed by atoms with E-state index in [1.54, 1.807) is 48.5 Å². The van der Waals surface area contributed by atoms with Crippen molar-refractivity contribution in [2.24, 2.45) is 0 Å². The second-order valence-corrected chi connectivity index (χ2v) is 8.39. The summed E-state index contributed by atoms with van der Waals surface area (Å²) in [6.45, 7) is -0.501. The Morgan fingerprint density at radius 1 is 0.757 bits per heavy atom. The fourth-order valence-electron chi connectivity index (χ4n) is 4.08. The highest BCUT2D eigenvalue weighted by atomic mass is 16.5. The number of aromatic nitrogens is 2. The van der Waals surface area contributed by atoms with Gasteiger partial charge in [0, 0.05) is 11.1 Å². The molecule has 0 saturated carbocycles. The highest BCUT2D eigenvalue weighted by molar-refractivity contribution is 6.03. The summed E-state index contributed by atoms with van der Waals surface area (Å²) in [5, 5.41) is 7.81. The molecule has 1 heterocycles. The van der Waals surface area contributed by atoms with Crippen molar-refractivity contribution >= 4 is 28.3 Å². The zero-order valence-electron chi connectivity index (χ0n) is 19.8. The van der Waals surface area contributed by atoms with E-state index in [9.17, 15) is 14.4 Å². The van der Waals surface area contributed by atoms with E-state index in [0.717, 1.165) is 11.1 Å². The second-order valence-electron chi connectivity index (χ2n) is 8.39. The van der Waals surface area contributed by atoms with Crippen molar-refractivity contribution in [1.29, 1.82) is 0 Å². The van der Waals surface area contributed by atoms with Gasteiger partial charge in [-0.25, -0.2) is 4.79 Å². The van der Waals surface area contributed by atoms with Crippen LogP contribution in [0.2, 0.25) is 0 Å². The first kappa shape index (κ1) is 23.7. The first-order valence-corrected chi connectivity index (χ1v) is 11.8. The van der Waals surface area contributed by atoms with Crippen LogP contribution in [-0.4, -0.2) is 28.3 Å². The van der Waals surface area contributed by atoms with Gasteiger partial charge in [0.15, 0.2) is 12.3 Å². The number of ether oxygens (including phenoxy) is 1. The van der Waals surface area contributed by atoms with Crippen molar-refractivity contribution in [1.82, 2.24) is 9.78 Å². The van der Waals surface area contributed by atoms with Gasteiger partial charge in [0.05, 0.1) is 11.1 Å². The average Bonchev–Trinajstić information content (AvgIpc) is 2.94. The number of carbonyl (C=O) groups excluding carboxylic acids is 2. The molecule has 0 atom stereocenters. The Morgan fingerprint density at radius 3 is 2.14 bits per heavy atom. The number of anilines is 1. The lowest BCUT2D eigenvalue weighted by Crippen LogP contribution is -2.27. The third-order valence-corrected chi connectivity index (χ3v) is 5.86. The Balaban J connectivity index is 1.35. The number of esters is 1. The van der Waals surface area contributed by atoms with Gasteiger partial charge < -0.3 is 10.1 Å². The summed E-state index contributed by atoms with van der Waals surface area (Å²) >= 11 is 0. The summed E-state index contributed by atoms with van der Waals surface area (Å²) < 4.78 is 6.50. The maximum absolute atomic E-state index is 13.0. The van der Waals surface area contributed by atoms with Crippen molar-refractivity contribution < 1.29 is 14.3 Å². The Hall–Kier alpha value is -5.04. The lowest BCUT2D eigenvalue weighted by molar-refractivity contribution is -0.119. The maximum Gasteiger partial charge on any atom is 0.359 e. The number of hydrogen-bond acceptors (Lipinski definition) is 5. The van der Waals surface area contributed by atoms with Crippen LogP contribution in [0.15, 0.2) is 114 Å². The molecule has 1 aromatic heterocycles. The van der Waals surface area contributed by atoms with Crippen LogP contribution in [0.25, 0.3) is 16.5 Å². The molecule has 5 aromatic rings. The van der Waals surface area contributed by atoms with Crippen LogP contribution in [-0.2, 0) is 16.0 Å². The van der Waals surface area contributed by atoms with E-state index in [0.29, 0.717) is 28.6 Å². The van der Waals surface area contributed by atoms with Crippen LogP contribution in [0.1, 0.15) is 21.6 Å². The highest BCUT2D eigenvalue weighted by Crippen LogP contribution is 2.20. The fraction of sp³-hybridized carbons (Fsp3) is 0.0667. The summed E-state index contributed by atoms with van der Waals surface area (Å²) in [6, 6.07) is 32.9. The first-order chi connectivity index (χ1) is 18.1. The number of carbonyl (C=O) groups is 2. The molecular formula is C30H23N3O4. The molecule has 7 nitrogen and oxygen atoms in total. The molecule has 0 aliphatic heterocycles. The molecule has 0 spiro atoms. The molecule has 4 aromatic carbocycles. The predicted octanol–water partition coefficient (Wildman–Crippen LogP) is 4.77. The Morgan fingerprint density at radius 2 is 1.38 bits per heavy atom. The number of benzene rings is 4. The molecule has 0 bridgehead atoms. The average molecular weight is 490 g/mol. The van der Waals surface area contributed by atoms with Gasteiger partial charge in [-0.15, -0.1) is 0 Å². The number of hydrogen-bond donors (Lipinski definition) is 1. The summed E-state index contributed by atoms with van der Waals surface area (Å²) in [5.74, 6) is -1.27. The number of nitrogens with one attached hydrogen (secondary N) is 1. The molecule has 0 aliphatic carbocycles. The molecule has 182 valence electrons. The minimum Gasteiger partial charge on any atom is -0.451 e. The molecule has 0 unspecified atom stereocenters. The molecule has 7 heteroatoms. The van der Waals surface area contributed by atoms with Crippen LogP contribution in [0.5, 0.6) is 0 Å². The topological polar surface area (TPSA) is 90.3 Å². The van der Waals surface area contributed by atoms with Gasteiger partial charge in [0.25, 0.3) is 11.5 Å². The Labute approximate surface area is 213 Å². The lowest BCUT2D eigenvalue weighted by Gasteiger charge is -2.13. The van der Waals surface area contributed by atoms with E-state index in [1.165, 1.54) is 4.68 Å². The predicted molar refractivity (Wildman–Crippen MR) is 142 cm³/mol. The van der Waals surface area contributed by atoms with Crippen molar-refractivity contribution in [3.05, 3.63) is 136 Å². The first-order valence-electron chi connectivity index (χ1n) is 11.8. The third-order valence-electron chi connectivity index (χ3n) is 5.86. The van der Waals surface area contributed by atoms with Gasteiger partial charge in [-0.3, -0.25) is 9.59 Å². The van der Waals surface area contributed by atoms with Gasteiger partial charge in [0.1, 0.15) is 0 Å². The van der Waals surface area contributed by atoms with E-state index in [-0.39, 0.29) is 11.3 Å². The number of fused-ring (bicyclic) bond motifs is 1. The van der Waals surface area contributed by atoms with E-state index in [2.05, 4.69) is 10.4 Å². The molecule has 0 fully saturated rings. The smallest absolute Gasteiger partial charge is 0.359 e. The van der Waals surface area contributed by atoms with Gasteiger partial charge in [0.2, 0.25) is 0 Å². The van der Waals surface area contributed by atoms with Crippen molar-refractivity contribution in [2.75, 3.05) is 11.9 Å². The van der Waals surface area contributed by atoms with Crippen LogP contribution < -0.4 is 10.9 Å². The number of rotatable bonds is 7. The SMILES string of the molecule is O=C(COC(=O)c1nn(-c2ccccc2)c(=O)c2ccccc12)Nc1ccccc1Cc1ccccc1. The zero-order chi connectivity index (χ0) is 25.6. The van der Waals surface area contributed by atoms with E-state index < -0.39 is 18.5 Å². The zero-order valence-corrected chi connectivity index (χ0v) is 19.8. The summed E-state index contributed by atoms with van der Waals surface area (Å²) in [7, 11) is 0. The number of para-hydroxylation sites is 2. The molecule has 5 rings (SSSR count). The van der Waals surface area contributed by atoms with Crippen LogP contribution >= 0.6 is 0 Å². The summed E-state index contributed by atoms with van der Waals surface area (Å²) in [6.07, 6.45) is 0.647. The fourth-order valence-corrected chi connectivity index (χ4v) is 4.08. The Kier molecular flexibility index (Phi) is 6.85. The number of amides is 1. The highest BCUT2D eigenvalue weighted by Gasteiger charge is 2.20. The third kappa shape index (κ3) is 5.31. The van der Waals surface area contributed by atoms with Gasteiger partial charge in [-0.1, -0.05) is 84.9 Å². The largest absolute Gasteiger partial charge is 0.451 e. The second kappa shape index (κ2) is 10.7. The molecule has 1 N–H and O–H groups in total. The molecule has 0 radical (unpaired) electrons. The molecule has 37 heavy (non-hydrogen) atoms. The minimum atomic E-state index is -0.798. The molecule has 1 amide bonds. The normalized spacial score (nSPS) is 10.7. The van der Waals surface area contributed by atoms with Crippen LogP contribution in [0, 0.1) is 0 Å². The van der Waals surface area contributed by atoms with Crippen LogP contribution in [0.4, 0.5) is 5.69 Å². The van der Waals surface area contributed by atoms with Crippen molar-refractivity contribution in [3.8, 4) is 5.69 Å². The van der Waals surface area contributed by atoms with Gasteiger partial charge >= 0.3 is 5.97 Å². The van der Waals surface area contributed by atoms with Crippen LogP contribution in [0.3, 0.4) is 0 Å². The lowest BCUT2D eigenvalue weighted by atomic mass is 10.0. The number of nitrogens with zero attached hydrogens (tertiary/aromatic N) is 2. The maximum atomic E-state index is 13.0. The van der Waals surface area contributed by atoms with Gasteiger partial charge in [-0.2, -0.15) is 9.78 Å².